The van der Waals surface area contributed by atoms with E-state index in [1.54, 1.807) is 49.4 Å². The van der Waals surface area contributed by atoms with Crippen LogP contribution in [0.3, 0.4) is 0 Å². The number of anilines is 1. The first kappa shape index (κ1) is 28.7. The van der Waals surface area contributed by atoms with Gasteiger partial charge in [-0.3, -0.25) is 13.9 Å². The fourth-order valence-corrected chi connectivity index (χ4v) is 5.40. The first-order chi connectivity index (χ1) is 18.2. The van der Waals surface area contributed by atoms with E-state index in [1.165, 1.54) is 24.1 Å². The lowest BCUT2D eigenvalue weighted by Crippen LogP contribution is -2.51. The second-order valence-corrected chi connectivity index (χ2v) is 10.9. The molecule has 3 rings (SSSR count). The summed E-state index contributed by atoms with van der Waals surface area (Å²) in [6, 6.07) is 21.3. The van der Waals surface area contributed by atoms with Crippen molar-refractivity contribution >= 4 is 27.5 Å². The van der Waals surface area contributed by atoms with E-state index >= 15 is 0 Å². The summed E-state index contributed by atoms with van der Waals surface area (Å²) in [7, 11) is -2.62. The van der Waals surface area contributed by atoms with Gasteiger partial charge in [-0.1, -0.05) is 55.0 Å². The van der Waals surface area contributed by atoms with E-state index in [4.69, 9.17) is 4.74 Å². The number of carbonyl (C=O) groups excluding carboxylic acids is 2. The van der Waals surface area contributed by atoms with Gasteiger partial charge >= 0.3 is 0 Å². The Bertz CT molecular complexity index is 1330. The molecule has 0 aromatic heterocycles. The SMILES string of the molecule is CCCNC(=O)[C@H](C)N(Cc1cccc(C)c1)C(=O)CN(c1ccccc1)S(=O)(=O)c1ccc(OC)cc1. The summed E-state index contributed by atoms with van der Waals surface area (Å²) in [6.07, 6.45) is 0.756. The molecule has 0 spiro atoms. The van der Waals surface area contributed by atoms with Crippen molar-refractivity contribution in [2.45, 2.75) is 44.7 Å². The molecule has 202 valence electrons. The number of amides is 2. The number of hydrogen-bond acceptors (Lipinski definition) is 5. The van der Waals surface area contributed by atoms with Gasteiger partial charge in [0.25, 0.3) is 10.0 Å². The number of benzene rings is 3. The zero-order valence-electron chi connectivity index (χ0n) is 22.3. The van der Waals surface area contributed by atoms with Crippen LogP contribution in [0.15, 0.2) is 83.8 Å². The Balaban J connectivity index is 1.99. The minimum absolute atomic E-state index is 0.0222. The Morgan fingerprint density at radius 1 is 0.974 bits per heavy atom. The minimum atomic E-state index is -4.12. The van der Waals surface area contributed by atoms with Crippen LogP contribution in [0.5, 0.6) is 5.75 Å². The number of sulfonamides is 1. The number of carbonyl (C=O) groups is 2. The van der Waals surface area contributed by atoms with Crippen LogP contribution < -0.4 is 14.4 Å². The van der Waals surface area contributed by atoms with Gasteiger partial charge in [-0.15, -0.1) is 0 Å². The molecule has 1 atom stereocenters. The number of nitrogens with zero attached hydrogens (tertiary/aromatic N) is 2. The molecule has 3 aromatic rings. The van der Waals surface area contributed by atoms with Gasteiger partial charge in [-0.05, 0) is 62.2 Å². The van der Waals surface area contributed by atoms with Gasteiger partial charge in [0.1, 0.15) is 18.3 Å². The Labute approximate surface area is 225 Å². The quantitative estimate of drug-likeness (QED) is 0.375. The van der Waals surface area contributed by atoms with Crippen molar-refractivity contribution in [1.29, 1.82) is 0 Å². The molecule has 0 aliphatic rings. The normalized spacial score (nSPS) is 11.9. The van der Waals surface area contributed by atoms with Gasteiger partial charge in [0.15, 0.2) is 0 Å². The largest absolute Gasteiger partial charge is 0.497 e. The first-order valence-electron chi connectivity index (χ1n) is 12.5. The van der Waals surface area contributed by atoms with Crippen molar-refractivity contribution in [3.8, 4) is 5.75 Å². The molecule has 0 aliphatic heterocycles. The molecule has 8 nitrogen and oxygen atoms in total. The third-order valence-corrected chi connectivity index (χ3v) is 7.91. The molecule has 0 fully saturated rings. The van der Waals surface area contributed by atoms with E-state index in [0.29, 0.717) is 18.0 Å². The zero-order chi connectivity index (χ0) is 27.7. The highest BCUT2D eigenvalue weighted by atomic mass is 32.2. The molecule has 0 saturated carbocycles. The molecule has 0 aliphatic carbocycles. The van der Waals surface area contributed by atoms with Crippen LogP contribution in [0.25, 0.3) is 0 Å². The molecular formula is C29H35N3O5S. The van der Waals surface area contributed by atoms with Crippen LogP contribution in [-0.2, 0) is 26.2 Å². The minimum Gasteiger partial charge on any atom is -0.497 e. The third-order valence-electron chi connectivity index (χ3n) is 6.12. The Morgan fingerprint density at radius 2 is 1.66 bits per heavy atom. The van der Waals surface area contributed by atoms with Crippen molar-refractivity contribution in [1.82, 2.24) is 10.2 Å². The molecule has 38 heavy (non-hydrogen) atoms. The predicted molar refractivity (Wildman–Crippen MR) is 148 cm³/mol. The monoisotopic (exact) mass is 537 g/mol. The Morgan fingerprint density at radius 3 is 2.26 bits per heavy atom. The first-order valence-corrected chi connectivity index (χ1v) is 14.0. The molecule has 1 N–H and O–H groups in total. The topological polar surface area (TPSA) is 96.0 Å². The zero-order valence-corrected chi connectivity index (χ0v) is 23.1. The molecule has 9 heteroatoms. The number of aryl methyl sites for hydroxylation is 1. The van der Waals surface area contributed by atoms with Gasteiger partial charge in [-0.2, -0.15) is 0 Å². The van der Waals surface area contributed by atoms with E-state index in [2.05, 4.69) is 5.32 Å². The van der Waals surface area contributed by atoms with E-state index in [9.17, 15) is 18.0 Å². The Hall–Kier alpha value is -3.85. The van der Waals surface area contributed by atoms with Crippen LogP contribution >= 0.6 is 0 Å². The maximum Gasteiger partial charge on any atom is 0.264 e. The van der Waals surface area contributed by atoms with Crippen molar-refractivity contribution in [3.63, 3.8) is 0 Å². The van der Waals surface area contributed by atoms with Crippen LogP contribution in [0, 0.1) is 6.92 Å². The molecule has 0 radical (unpaired) electrons. The predicted octanol–water partition coefficient (Wildman–Crippen LogP) is 4.14. The molecule has 0 heterocycles. The summed E-state index contributed by atoms with van der Waals surface area (Å²) in [4.78, 5) is 28.2. The van der Waals surface area contributed by atoms with Gasteiger partial charge in [0.2, 0.25) is 11.8 Å². The average Bonchev–Trinajstić information content (AvgIpc) is 2.93. The fourth-order valence-electron chi connectivity index (χ4n) is 3.98. The second-order valence-electron chi connectivity index (χ2n) is 9.00. The van der Waals surface area contributed by atoms with Crippen LogP contribution in [0.2, 0.25) is 0 Å². The number of ether oxygens (including phenoxy) is 1. The average molecular weight is 538 g/mol. The van der Waals surface area contributed by atoms with E-state index in [1.807, 2.05) is 38.1 Å². The molecule has 0 unspecified atom stereocenters. The molecule has 3 aromatic carbocycles. The van der Waals surface area contributed by atoms with E-state index in [-0.39, 0.29) is 17.3 Å². The van der Waals surface area contributed by atoms with Crippen molar-refractivity contribution < 1.29 is 22.7 Å². The summed E-state index contributed by atoms with van der Waals surface area (Å²) in [5, 5.41) is 2.84. The Kier molecular flexibility index (Phi) is 9.90. The van der Waals surface area contributed by atoms with Crippen LogP contribution in [0.1, 0.15) is 31.4 Å². The van der Waals surface area contributed by atoms with Crippen molar-refractivity contribution in [2.24, 2.45) is 0 Å². The summed E-state index contributed by atoms with van der Waals surface area (Å²) in [5.74, 6) is -0.272. The summed E-state index contributed by atoms with van der Waals surface area (Å²) >= 11 is 0. The number of rotatable bonds is 12. The van der Waals surface area contributed by atoms with Crippen LogP contribution in [-0.4, -0.2) is 51.4 Å². The lowest BCUT2D eigenvalue weighted by atomic mass is 10.1. The lowest BCUT2D eigenvalue weighted by Gasteiger charge is -2.32. The van der Waals surface area contributed by atoms with Crippen molar-refractivity contribution in [2.75, 3.05) is 24.5 Å². The summed E-state index contributed by atoms with van der Waals surface area (Å²) in [6.45, 7) is 5.72. The van der Waals surface area contributed by atoms with Gasteiger partial charge in [0.05, 0.1) is 17.7 Å². The van der Waals surface area contributed by atoms with Gasteiger partial charge in [-0.25, -0.2) is 8.42 Å². The highest BCUT2D eigenvalue weighted by Crippen LogP contribution is 2.25. The van der Waals surface area contributed by atoms with Gasteiger partial charge in [0, 0.05) is 13.1 Å². The summed E-state index contributed by atoms with van der Waals surface area (Å²) in [5.41, 5.74) is 2.21. The van der Waals surface area contributed by atoms with Gasteiger partial charge < -0.3 is 15.0 Å². The maximum absolute atomic E-state index is 13.8. The number of methoxy groups -OCH3 is 1. The number of hydrogen-bond donors (Lipinski definition) is 1. The van der Waals surface area contributed by atoms with E-state index < -0.39 is 28.5 Å². The smallest absolute Gasteiger partial charge is 0.264 e. The molecular weight excluding hydrogens is 502 g/mol. The fraction of sp³-hybridized carbons (Fsp3) is 0.310. The highest BCUT2D eigenvalue weighted by molar-refractivity contribution is 7.92. The molecule has 0 bridgehead atoms. The second kappa shape index (κ2) is 13.1. The molecule has 0 saturated heterocycles. The highest BCUT2D eigenvalue weighted by Gasteiger charge is 2.32. The lowest BCUT2D eigenvalue weighted by molar-refractivity contribution is -0.139. The number of para-hydroxylation sites is 1. The number of nitrogens with one attached hydrogen (secondary N) is 1. The standard InChI is InChI=1S/C29H35N3O5S/c1-5-18-30-29(34)23(3)31(20-24-11-9-10-22(2)19-24)28(33)21-32(25-12-7-6-8-13-25)38(35,36)27-16-14-26(37-4)15-17-27/h6-17,19,23H,5,18,20-21H2,1-4H3,(H,30,34)/t23-/m0/s1. The third kappa shape index (κ3) is 7.13. The molecule has 2 amide bonds. The van der Waals surface area contributed by atoms with E-state index in [0.717, 1.165) is 21.9 Å². The van der Waals surface area contributed by atoms with Crippen molar-refractivity contribution in [3.05, 3.63) is 90.0 Å². The summed E-state index contributed by atoms with van der Waals surface area (Å²) < 4.78 is 33.8. The maximum atomic E-state index is 13.8. The van der Waals surface area contributed by atoms with Crippen LogP contribution in [0.4, 0.5) is 5.69 Å².